The zero-order valence-corrected chi connectivity index (χ0v) is 16.0. The number of halogens is 3. The summed E-state index contributed by atoms with van der Waals surface area (Å²) >= 11 is 12.1. The van der Waals surface area contributed by atoms with Gasteiger partial charge in [-0.25, -0.2) is 8.42 Å². The molecule has 1 aliphatic rings. The fraction of sp³-hybridized carbons (Fsp3) is 0.294. The van der Waals surface area contributed by atoms with Crippen molar-refractivity contribution in [1.29, 1.82) is 0 Å². The molecule has 1 aliphatic heterocycles. The predicted molar refractivity (Wildman–Crippen MR) is 102 cm³/mol. The molecule has 1 fully saturated rings. The Hall–Kier alpha value is -0.780. The lowest BCUT2D eigenvalue weighted by Crippen LogP contribution is -2.35. The molecule has 2 aromatic carbocycles. The second-order valence-electron chi connectivity index (χ2n) is 5.64. The van der Waals surface area contributed by atoms with Crippen LogP contribution in [0.1, 0.15) is 12.8 Å². The Balaban J connectivity index is 0.00000208. The van der Waals surface area contributed by atoms with Gasteiger partial charge in [0.25, 0.3) is 0 Å². The van der Waals surface area contributed by atoms with Gasteiger partial charge in [0.05, 0.1) is 10.1 Å². The van der Waals surface area contributed by atoms with Gasteiger partial charge >= 0.3 is 0 Å². The van der Waals surface area contributed by atoms with E-state index in [2.05, 4.69) is 5.32 Å². The van der Waals surface area contributed by atoms with Crippen LogP contribution >= 0.6 is 35.6 Å². The Labute approximate surface area is 158 Å². The molecule has 130 valence electrons. The van der Waals surface area contributed by atoms with Crippen LogP contribution in [0.15, 0.2) is 47.4 Å². The molecule has 1 N–H and O–H groups in total. The minimum absolute atomic E-state index is 0. The normalized spacial score (nSPS) is 15.8. The van der Waals surface area contributed by atoms with Crippen LogP contribution in [0.25, 0.3) is 11.1 Å². The van der Waals surface area contributed by atoms with Crippen LogP contribution < -0.4 is 5.32 Å². The summed E-state index contributed by atoms with van der Waals surface area (Å²) in [4.78, 5) is 0.373. The van der Waals surface area contributed by atoms with Gasteiger partial charge in [-0.15, -0.1) is 12.4 Å². The molecule has 3 nitrogen and oxygen atoms in total. The fourth-order valence-corrected chi connectivity index (χ4v) is 5.12. The van der Waals surface area contributed by atoms with E-state index in [4.69, 9.17) is 23.2 Å². The number of hydrogen-bond acceptors (Lipinski definition) is 3. The van der Waals surface area contributed by atoms with Crippen molar-refractivity contribution >= 4 is 45.4 Å². The highest BCUT2D eigenvalue weighted by molar-refractivity contribution is 7.92. The molecule has 0 aromatic heterocycles. The van der Waals surface area contributed by atoms with Crippen molar-refractivity contribution < 1.29 is 8.42 Å². The number of nitrogens with one attached hydrogen (secondary N) is 1. The van der Waals surface area contributed by atoms with Gasteiger partial charge in [0.15, 0.2) is 9.84 Å². The summed E-state index contributed by atoms with van der Waals surface area (Å²) in [6.45, 7) is 1.50. The summed E-state index contributed by atoms with van der Waals surface area (Å²) < 4.78 is 25.4. The molecule has 0 bridgehead atoms. The molecule has 7 heteroatoms. The van der Waals surface area contributed by atoms with E-state index >= 15 is 0 Å². The Morgan fingerprint density at radius 2 is 1.58 bits per heavy atom. The zero-order chi connectivity index (χ0) is 16.4. The molecule has 2 aromatic rings. The van der Waals surface area contributed by atoms with Crippen LogP contribution in [0.4, 0.5) is 0 Å². The van der Waals surface area contributed by atoms with Crippen molar-refractivity contribution in [3.63, 3.8) is 0 Å². The molecular formula is C17H18Cl3NO2S. The lowest BCUT2D eigenvalue weighted by molar-refractivity contribution is 0.496. The second kappa shape index (κ2) is 8.07. The minimum Gasteiger partial charge on any atom is -0.317 e. The molecule has 0 radical (unpaired) electrons. The molecule has 0 atom stereocenters. The first kappa shape index (κ1) is 19.5. The lowest BCUT2D eigenvalue weighted by Gasteiger charge is -2.22. The first-order valence-electron chi connectivity index (χ1n) is 7.48. The van der Waals surface area contributed by atoms with Gasteiger partial charge < -0.3 is 5.32 Å². The van der Waals surface area contributed by atoms with Crippen LogP contribution in [0.3, 0.4) is 0 Å². The minimum atomic E-state index is -3.27. The van der Waals surface area contributed by atoms with Gasteiger partial charge in [0.2, 0.25) is 0 Å². The van der Waals surface area contributed by atoms with Crippen LogP contribution in [-0.2, 0) is 9.84 Å². The van der Waals surface area contributed by atoms with Gasteiger partial charge in [-0.05, 0) is 55.8 Å². The highest BCUT2D eigenvalue weighted by Crippen LogP contribution is 2.31. The molecule has 24 heavy (non-hydrogen) atoms. The maximum Gasteiger partial charge on any atom is 0.181 e. The molecule has 1 saturated heterocycles. The van der Waals surface area contributed by atoms with E-state index in [-0.39, 0.29) is 17.7 Å². The third-order valence-electron chi connectivity index (χ3n) is 4.15. The van der Waals surface area contributed by atoms with Gasteiger partial charge in [-0.1, -0.05) is 41.4 Å². The average Bonchev–Trinajstić information content (AvgIpc) is 2.56. The van der Waals surface area contributed by atoms with Gasteiger partial charge in [0, 0.05) is 15.6 Å². The third-order valence-corrected chi connectivity index (χ3v) is 6.98. The average molecular weight is 407 g/mol. The topological polar surface area (TPSA) is 46.2 Å². The largest absolute Gasteiger partial charge is 0.317 e. The number of hydrogen-bond donors (Lipinski definition) is 1. The van der Waals surface area contributed by atoms with Crippen molar-refractivity contribution in [2.45, 2.75) is 23.0 Å². The number of piperidine rings is 1. The molecule has 0 unspecified atom stereocenters. The standard InChI is InChI=1S/C17H17Cl2NO2S.ClH/c18-13-3-6-16(17(19)11-13)12-1-4-14(5-2-12)23(21,22)15-7-9-20-10-8-15;/h1-6,11,15,20H,7-10H2;1H. The van der Waals surface area contributed by atoms with Gasteiger partial charge in [-0.3, -0.25) is 0 Å². The molecule has 0 spiro atoms. The van der Waals surface area contributed by atoms with E-state index in [1.54, 1.807) is 36.4 Å². The Morgan fingerprint density at radius 1 is 0.958 bits per heavy atom. The van der Waals surface area contributed by atoms with E-state index in [0.717, 1.165) is 24.2 Å². The smallest absolute Gasteiger partial charge is 0.181 e. The molecule has 0 saturated carbocycles. The first-order chi connectivity index (χ1) is 11.0. The summed E-state index contributed by atoms with van der Waals surface area (Å²) in [6, 6.07) is 12.2. The van der Waals surface area contributed by atoms with Crippen molar-refractivity contribution in [2.24, 2.45) is 0 Å². The molecule has 1 heterocycles. The second-order valence-corrected chi connectivity index (χ2v) is 8.71. The number of benzene rings is 2. The van der Waals surface area contributed by atoms with Crippen molar-refractivity contribution in [3.8, 4) is 11.1 Å². The molecule has 0 aliphatic carbocycles. The van der Waals surface area contributed by atoms with Crippen LogP contribution in [0.2, 0.25) is 10.0 Å². The third kappa shape index (κ3) is 4.06. The van der Waals surface area contributed by atoms with Crippen LogP contribution in [0, 0.1) is 0 Å². The van der Waals surface area contributed by atoms with Crippen molar-refractivity contribution in [1.82, 2.24) is 5.32 Å². The van der Waals surface area contributed by atoms with Gasteiger partial charge in [0.1, 0.15) is 0 Å². The van der Waals surface area contributed by atoms with E-state index in [1.807, 2.05) is 6.07 Å². The molecule has 3 rings (SSSR count). The molecular weight excluding hydrogens is 389 g/mol. The summed E-state index contributed by atoms with van der Waals surface area (Å²) in [6.07, 6.45) is 1.32. The first-order valence-corrected chi connectivity index (χ1v) is 9.79. The zero-order valence-electron chi connectivity index (χ0n) is 12.8. The summed E-state index contributed by atoms with van der Waals surface area (Å²) in [5.41, 5.74) is 1.71. The van der Waals surface area contributed by atoms with Gasteiger partial charge in [-0.2, -0.15) is 0 Å². The highest BCUT2D eigenvalue weighted by Gasteiger charge is 2.28. The Bertz CT molecular complexity index is 801. The number of sulfone groups is 1. The Morgan fingerprint density at radius 3 is 2.17 bits per heavy atom. The van der Waals surface area contributed by atoms with E-state index < -0.39 is 9.84 Å². The maximum atomic E-state index is 12.7. The lowest BCUT2D eigenvalue weighted by atomic mass is 10.1. The summed E-state index contributed by atoms with van der Waals surface area (Å²) in [5.74, 6) is 0. The van der Waals surface area contributed by atoms with E-state index in [0.29, 0.717) is 27.8 Å². The quantitative estimate of drug-likeness (QED) is 0.809. The van der Waals surface area contributed by atoms with Crippen LogP contribution in [0.5, 0.6) is 0 Å². The van der Waals surface area contributed by atoms with Crippen LogP contribution in [-0.4, -0.2) is 26.8 Å². The van der Waals surface area contributed by atoms with E-state index in [1.165, 1.54) is 0 Å². The maximum absolute atomic E-state index is 12.7. The predicted octanol–water partition coefficient (Wildman–Crippen LogP) is 4.61. The van der Waals surface area contributed by atoms with Crippen molar-refractivity contribution in [3.05, 3.63) is 52.5 Å². The van der Waals surface area contributed by atoms with E-state index in [9.17, 15) is 8.42 Å². The number of rotatable bonds is 3. The summed E-state index contributed by atoms with van der Waals surface area (Å²) in [5, 5.41) is 4.01. The Kier molecular flexibility index (Phi) is 6.57. The monoisotopic (exact) mass is 405 g/mol. The summed E-state index contributed by atoms with van der Waals surface area (Å²) in [7, 11) is -3.27. The highest BCUT2D eigenvalue weighted by atomic mass is 35.5. The van der Waals surface area contributed by atoms with Crippen molar-refractivity contribution in [2.75, 3.05) is 13.1 Å². The fourth-order valence-electron chi connectivity index (χ4n) is 2.85. The molecule has 0 amide bonds. The SMILES string of the molecule is Cl.O=S(=O)(c1ccc(-c2ccc(Cl)cc2Cl)cc1)C1CCNCC1.